The van der Waals surface area contributed by atoms with Gasteiger partial charge in [0.15, 0.2) is 12.4 Å². The number of hydrogen-bond acceptors (Lipinski definition) is 13. The quantitative estimate of drug-likeness (QED) is 0.0947. The van der Waals surface area contributed by atoms with Gasteiger partial charge in [-0.2, -0.15) is 0 Å². The van der Waals surface area contributed by atoms with Crippen LogP contribution in [0.25, 0.3) is 0 Å². The van der Waals surface area contributed by atoms with Gasteiger partial charge in [0.05, 0.1) is 13.2 Å². The van der Waals surface area contributed by atoms with Crippen molar-refractivity contribution >= 4 is 35.0 Å². The van der Waals surface area contributed by atoms with E-state index in [0.717, 1.165) is 0 Å². The molecule has 2 rings (SSSR count). The number of aliphatic hydroxyl groups is 7. The maximum absolute atomic E-state index is 11.9. The Morgan fingerprint density at radius 1 is 0.935 bits per heavy atom. The van der Waals surface area contributed by atoms with Crippen molar-refractivity contribution in [3.8, 4) is 0 Å². The topological polar surface area (TPSA) is 233 Å². The average molecular weight is 467 g/mol. The molecular weight excluding hydrogens is 440 g/mol. The molecule has 0 aliphatic carbocycles. The summed E-state index contributed by atoms with van der Waals surface area (Å²) in [4.78, 5) is 22.4. The normalized spacial score (nSPS) is 40.5. The first-order chi connectivity index (χ1) is 14.1. The van der Waals surface area contributed by atoms with Crippen LogP contribution in [0.15, 0.2) is 12.2 Å². The van der Waals surface area contributed by atoms with Gasteiger partial charge < -0.3 is 62.7 Å². The average Bonchev–Trinajstić information content (AvgIpc) is 2.98. The summed E-state index contributed by atoms with van der Waals surface area (Å²) >= 11 is 0. The third-order valence-corrected chi connectivity index (χ3v) is 4.64. The summed E-state index contributed by atoms with van der Waals surface area (Å²) in [6, 6.07) is 0. The monoisotopic (exact) mass is 466 g/mol. The number of rotatable bonds is 8. The first kappa shape index (κ1) is 28.1. The van der Waals surface area contributed by atoms with Gasteiger partial charge in [-0.15, -0.1) is 0 Å². The Kier molecular flexibility index (Phi) is 10.7. The van der Waals surface area contributed by atoms with E-state index in [4.69, 9.17) is 24.1 Å². The molecular formula is C16H26MgO14. The molecule has 2 fully saturated rings. The van der Waals surface area contributed by atoms with E-state index in [1.165, 1.54) is 0 Å². The number of hydrogen-bond donors (Lipinski definition) is 8. The van der Waals surface area contributed by atoms with Crippen LogP contribution in [0.3, 0.4) is 0 Å². The van der Waals surface area contributed by atoms with Crippen LogP contribution in [0.2, 0.25) is 0 Å². The number of carboxylic acid groups (broad SMARTS) is 1. The Morgan fingerprint density at radius 3 is 2.06 bits per heavy atom. The minimum absolute atomic E-state index is 0. The van der Waals surface area contributed by atoms with Gasteiger partial charge in [-0.1, -0.05) is 0 Å². The Hall–Kier alpha value is -0.954. The second kappa shape index (κ2) is 11.8. The molecule has 0 spiro atoms. The fourth-order valence-corrected chi connectivity index (χ4v) is 3.08. The first-order valence-corrected chi connectivity index (χ1v) is 8.77. The first-order valence-electron chi connectivity index (χ1n) is 8.77. The van der Waals surface area contributed by atoms with Crippen molar-refractivity contribution in [3.63, 3.8) is 0 Å². The number of aliphatic hydroxyl groups excluding tert-OH is 7. The minimum Gasteiger partial charge on any atom is -1.00 e. The third-order valence-electron chi connectivity index (χ3n) is 4.64. The Bertz CT molecular complexity index is 655. The van der Waals surface area contributed by atoms with E-state index in [1.807, 2.05) is 0 Å². The van der Waals surface area contributed by atoms with Crippen LogP contribution in [-0.2, 0) is 28.5 Å². The zero-order chi connectivity index (χ0) is 22.6. The van der Waals surface area contributed by atoms with E-state index in [0.29, 0.717) is 12.2 Å². The van der Waals surface area contributed by atoms with E-state index in [-0.39, 0.29) is 25.9 Å². The maximum atomic E-state index is 11.9. The van der Waals surface area contributed by atoms with Gasteiger partial charge in [0.2, 0.25) is 5.79 Å². The zero-order valence-corrected chi connectivity index (χ0v) is 17.5. The summed E-state index contributed by atoms with van der Waals surface area (Å²) in [5.41, 5.74) is 0. The number of carbonyl (C=O) groups excluding carboxylic acids is 1. The Balaban J connectivity index is 0. The van der Waals surface area contributed by atoms with Crippen molar-refractivity contribution < 1.29 is 72.2 Å². The van der Waals surface area contributed by atoms with E-state index >= 15 is 0 Å². The molecule has 31 heavy (non-hydrogen) atoms. The molecule has 0 unspecified atom stereocenters. The van der Waals surface area contributed by atoms with Gasteiger partial charge in [0.1, 0.15) is 43.2 Å². The number of carbonyl (C=O) groups is 2. The van der Waals surface area contributed by atoms with Crippen LogP contribution in [0.5, 0.6) is 0 Å². The number of esters is 1. The maximum Gasteiger partial charge on any atom is 2.00 e. The van der Waals surface area contributed by atoms with Crippen molar-refractivity contribution in [2.75, 3.05) is 19.8 Å². The second-order valence-electron chi connectivity index (χ2n) is 6.64. The standard InChI is InChI=1S/C16H24O14.Mg.2H/c17-3-6-10(23)12(25)13(26)15(27-6)30-16(5-19)14(11(24)7(4-18)29-16)28-9(22)2-1-8(20)21;;;/h1-2,6-7,10-15,17-19,23-26H,3-5H2,(H,20,21);;;/q;+2;2*-1/b2-1-;;;/t6-,7-,10-,11-,12+,13-,14+,15-,16+;;;/m1.../s1. The van der Waals surface area contributed by atoms with E-state index in [9.17, 15) is 45.3 Å². The molecule has 0 bridgehead atoms. The summed E-state index contributed by atoms with van der Waals surface area (Å²) in [6.07, 6.45) is -12.7. The molecule has 2 aliphatic heterocycles. The number of aliphatic carboxylic acids is 1. The predicted octanol–water partition coefficient (Wildman–Crippen LogP) is -5.36. The van der Waals surface area contributed by atoms with Crippen LogP contribution >= 0.6 is 0 Å². The van der Waals surface area contributed by atoms with Gasteiger partial charge in [-0.25, -0.2) is 9.59 Å². The molecule has 8 N–H and O–H groups in total. The number of carboxylic acids is 1. The van der Waals surface area contributed by atoms with E-state index in [2.05, 4.69) is 0 Å². The van der Waals surface area contributed by atoms with Gasteiger partial charge in [0, 0.05) is 12.2 Å². The molecule has 15 heteroatoms. The van der Waals surface area contributed by atoms with Crippen LogP contribution in [-0.4, -0.2) is 150 Å². The van der Waals surface area contributed by atoms with E-state index in [1.54, 1.807) is 0 Å². The summed E-state index contributed by atoms with van der Waals surface area (Å²) in [5.74, 6) is -5.15. The van der Waals surface area contributed by atoms with Crippen LogP contribution in [0.4, 0.5) is 0 Å². The Labute approximate surface area is 194 Å². The van der Waals surface area contributed by atoms with Gasteiger partial charge >= 0.3 is 35.0 Å². The molecule has 0 aromatic heterocycles. The minimum atomic E-state index is -2.42. The molecule has 14 nitrogen and oxygen atoms in total. The molecule has 2 heterocycles. The molecule has 0 amide bonds. The number of ether oxygens (including phenoxy) is 4. The van der Waals surface area contributed by atoms with Gasteiger partial charge in [-0.3, -0.25) is 0 Å². The van der Waals surface area contributed by atoms with Gasteiger partial charge in [0.25, 0.3) is 0 Å². The van der Waals surface area contributed by atoms with Crippen molar-refractivity contribution in [3.05, 3.63) is 12.2 Å². The SMILES string of the molecule is O=C(O)/C=C\C(=O)O[C@H]1[C@H](O)[C@@H](CO)O[C@@]1(CO)O[C@H]1O[C@H](CO)[C@@H](O)[C@H](O)[C@H]1O.[H-].[H-].[Mg+2]. The van der Waals surface area contributed by atoms with Crippen LogP contribution < -0.4 is 0 Å². The van der Waals surface area contributed by atoms with Crippen molar-refractivity contribution in [1.82, 2.24) is 0 Å². The molecule has 2 aliphatic rings. The predicted molar refractivity (Wildman–Crippen MR) is 97.3 cm³/mol. The molecule has 9 atom stereocenters. The summed E-state index contributed by atoms with van der Waals surface area (Å²) in [7, 11) is 0. The summed E-state index contributed by atoms with van der Waals surface area (Å²) < 4.78 is 20.8. The molecule has 0 saturated carbocycles. The molecule has 0 aromatic rings. The zero-order valence-electron chi connectivity index (χ0n) is 18.1. The Morgan fingerprint density at radius 2 is 1.55 bits per heavy atom. The van der Waals surface area contributed by atoms with Crippen molar-refractivity contribution in [1.29, 1.82) is 0 Å². The third kappa shape index (κ3) is 6.09. The van der Waals surface area contributed by atoms with Crippen molar-refractivity contribution in [2.24, 2.45) is 0 Å². The molecule has 0 aromatic carbocycles. The van der Waals surface area contributed by atoms with Crippen LogP contribution in [0, 0.1) is 0 Å². The smallest absolute Gasteiger partial charge is 1.00 e. The largest absolute Gasteiger partial charge is 2.00 e. The fraction of sp³-hybridized carbons (Fsp3) is 0.750. The summed E-state index contributed by atoms with van der Waals surface area (Å²) in [5, 5.41) is 77.2. The summed E-state index contributed by atoms with van der Waals surface area (Å²) in [6.45, 7) is -2.70. The molecule has 2 saturated heterocycles. The fourth-order valence-electron chi connectivity index (χ4n) is 3.08. The van der Waals surface area contributed by atoms with Crippen molar-refractivity contribution in [2.45, 2.75) is 54.8 Å². The van der Waals surface area contributed by atoms with Gasteiger partial charge in [-0.05, 0) is 0 Å². The van der Waals surface area contributed by atoms with E-state index < -0.39 is 86.6 Å². The molecule has 176 valence electrons. The molecule has 0 radical (unpaired) electrons. The van der Waals surface area contributed by atoms with Crippen LogP contribution in [0.1, 0.15) is 2.85 Å². The second-order valence-corrected chi connectivity index (χ2v) is 6.64.